The first-order valence-electron chi connectivity index (χ1n) is 6.53. The van der Waals surface area contributed by atoms with E-state index in [0.717, 1.165) is 6.42 Å². The van der Waals surface area contributed by atoms with Crippen LogP contribution in [0.2, 0.25) is 0 Å². The number of imidazole rings is 1. The molecule has 7 heteroatoms. The molecule has 0 atom stereocenters. The molecule has 2 heterocycles. The van der Waals surface area contributed by atoms with Crippen LogP contribution < -0.4 is 5.73 Å². The van der Waals surface area contributed by atoms with Crippen molar-refractivity contribution >= 4 is 21.5 Å². The van der Waals surface area contributed by atoms with E-state index in [9.17, 15) is 8.42 Å². The molecule has 0 aliphatic heterocycles. The highest BCUT2D eigenvalue weighted by Crippen LogP contribution is 2.23. The number of nitrogens with two attached hydrogens (primary N) is 1. The van der Waals surface area contributed by atoms with Gasteiger partial charge in [0.2, 0.25) is 0 Å². The first-order chi connectivity index (χ1) is 9.34. The quantitative estimate of drug-likeness (QED) is 0.908. The minimum Gasteiger partial charge on any atom is -0.381 e. The fourth-order valence-corrected chi connectivity index (χ4v) is 3.31. The number of fused-ring (bicyclic) bond motifs is 1. The molecule has 0 aromatic carbocycles. The Morgan fingerprint density at radius 2 is 2.10 bits per heavy atom. The zero-order valence-corrected chi connectivity index (χ0v) is 12.8. The van der Waals surface area contributed by atoms with Crippen LogP contribution in [0.15, 0.2) is 29.4 Å². The van der Waals surface area contributed by atoms with Gasteiger partial charge in [0.25, 0.3) is 10.0 Å². The Balaban J connectivity index is 2.44. The van der Waals surface area contributed by atoms with Crippen LogP contribution in [0, 0.1) is 5.92 Å². The van der Waals surface area contributed by atoms with Crippen LogP contribution in [-0.4, -0.2) is 35.7 Å². The molecule has 0 aliphatic rings. The minimum absolute atomic E-state index is 0.0348. The largest absolute Gasteiger partial charge is 0.381 e. The molecule has 0 unspecified atom stereocenters. The number of hydrogen-bond donors (Lipinski definition) is 1. The summed E-state index contributed by atoms with van der Waals surface area (Å²) in [6, 6.07) is 5.27. The second-order valence-corrected chi connectivity index (χ2v) is 7.20. The number of nitrogens with zero attached hydrogens (tertiary/aromatic N) is 3. The normalized spacial score (nSPS) is 12.7. The first-order valence-corrected chi connectivity index (χ1v) is 7.97. The van der Waals surface area contributed by atoms with Crippen LogP contribution in [0.5, 0.6) is 0 Å². The summed E-state index contributed by atoms with van der Waals surface area (Å²) < 4.78 is 28.1. The number of nitrogen functional groups attached to an aromatic ring is 1. The molecular weight excluding hydrogens is 276 g/mol. The predicted molar refractivity (Wildman–Crippen MR) is 78.9 cm³/mol. The molecule has 0 aliphatic carbocycles. The molecule has 0 amide bonds. The summed E-state index contributed by atoms with van der Waals surface area (Å²) in [6.07, 6.45) is 2.45. The molecule has 6 nitrogen and oxygen atoms in total. The maximum Gasteiger partial charge on any atom is 0.262 e. The standard InChI is InChI=1S/C13H20N4O2S/c1-10(2)7-9-16(3)20(18,19)13-12(14)15-11-6-4-5-8-17(11)13/h4-6,8,10H,7,9,14H2,1-3H3. The van der Waals surface area contributed by atoms with E-state index in [2.05, 4.69) is 18.8 Å². The zero-order valence-electron chi connectivity index (χ0n) is 11.9. The zero-order chi connectivity index (χ0) is 14.9. The summed E-state index contributed by atoms with van der Waals surface area (Å²) in [5.41, 5.74) is 6.32. The highest BCUT2D eigenvalue weighted by atomic mass is 32.2. The van der Waals surface area contributed by atoms with Crippen molar-refractivity contribution < 1.29 is 8.42 Å². The average molecular weight is 296 g/mol. The van der Waals surface area contributed by atoms with Crippen LogP contribution in [-0.2, 0) is 10.0 Å². The van der Waals surface area contributed by atoms with E-state index < -0.39 is 10.0 Å². The van der Waals surface area contributed by atoms with Crippen LogP contribution in [0.25, 0.3) is 5.65 Å². The predicted octanol–water partition coefficient (Wildman–Crippen LogP) is 1.58. The van der Waals surface area contributed by atoms with Crippen LogP contribution in [0.4, 0.5) is 5.82 Å². The Labute approximate surface area is 119 Å². The summed E-state index contributed by atoms with van der Waals surface area (Å²) >= 11 is 0. The molecule has 110 valence electrons. The first kappa shape index (κ1) is 14.8. The van der Waals surface area contributed by atoms with Crippen LogP contribution >= 0.6 is 0 Å². The number of aromatic nitrogens is 2. The molecule has 0 radical (unpaired) electrons. The molecule has 2 aromatic heterocycles. The second-order valence-electron chi connectivity index (χ2n) is 5.24. The van der Waals surface area contributed by atoms with E-state index in [0.29, 0.717) is 18.1 Å². The van der Waals surface area contributed by atoms with Crippen molar-refractivity contribution in [3.8, 4) is 0 Å². The highest BCUT2D eigenvalue weighted by Gasteiger charge is 2.28. The lowest BCUT2D eigenvalue weighted by molar-refractivity contribution is 0.426. The number of hydrogen-bond acceptors (Lipinski definition) is 4. The minimum atomic E-state index is -3.64. The monoisotopic (exact) mass is 296 g/mol. The fraction of sp³-hybridized carbons (Fsp3) is 0.462. The van der Waals surface area contributed by atoms with E-state index >= 15 is 0 Å². The molecule has 0 bridgehead atoms. The second kappa shape index (κ2) is 5.41. The van der Waals surface area contributed by atoms with Gasteiger partial charge in [-0.25, -0.2) is 13.4 Å². The summed E-state index contributed by atoms with van der Waals surface area (Å²) in [4.78, 5) is 4.09. The molecule has 2 aromatic rings. The third-order valence-corrected chi connectivity index (χ3v) is 5.09. The van der Waals surface area contributed by atoms with E-state index in [1.165, 1.54) is 8.71 Å². The van der Waals surface area contributed by atoms with E-state index in [1.807, 2.05) is 0 Å². The Morgan fingerprint density at radius 3 is 2.75 bits per heavy atom. The maximum atomic E-state index is 12.6. The fourth-order valence-electron chi connectivity index (χ4n) is 1.96. The van der Waals surface area contributed by atoms with Gasteiger partial charge in [0.1, 0.15) is 5.65 Å². The van der Waals surface area contributed by atoms with Crippen molar-refractivity contribution in [1.29, 1.82) is 0 Å². The molecule has 20 heavy (non-hydrogen) atoms. The van der Waals surface area contributed by atoms with E-state index in [1.54, 1.807) is 31.4 Å². The van der Waals surface area contributed by atoms with Gasteiger partial charge in [-0.1, -0.05) is 19.9 Å². The van der Waals surface area contributed by atoms with Gasteiger partial charge < -0.3 is 5.73 Å². The van der Waals surface area contributed by atoms with E-state index in [-0.39, 0.29) is 10.8 Å². The lowest BCUT2D eigenvalue weighted by Gasteiger charge is -2.18. The van der Waals surface area contributed by atoms with Crippen LogP contribution in [0.3, 0.4) is 0 Å². The molecule has 2 rings (SSSR count). The summed E-state index contributed by atoms with van der Waals surface area (Å²) in [5, 5.41) is 0.0411. The molecular formula is C13H20N4O2S. The smallest absolute Gasteiger partial charge is 0.262 e. The summed E-state index contributed by atoms with van der Waals surface area (Å²) in [7, 11) is -2.07. The lowest BCUT2D eigenvalue weighted by atomic mass is 10.1. The van der Waals surface area contributed by atoms with Gasteiger partial charge >= 0.3 is 0 Å². The van der Waals surface area contributed by atoms with Crippen LogP contribution in [0.1, 0.15) is 20.3 Å². The Morgan fingerprint density at radius 1 is 1.40 bits per heavy atom. The third kappa shape index (κ3) is 2.64. The number of sulfonamides is 1. The summed E-state index contributed by atoms with van der Waals surface area (Å²) in [5.74, 6) is 0.472. The molecule has 0 spiro atoms. The van der Waals surface area contributed by atoms with Crippen molar-refractivity contribution in [3.63, 3.8) is 0 Å². The van der Waals surface area contributed by atoms with Crippen molar-refractivity contribution in [2.24, 2.45) is 5.92 Å². The summed E-state index contributed by atoms with van der Waals surface area (Å²) in [6.45, 7) is 4.57. The maximum absolute atomic E-state index is 12.6. The molecule has 0 saturated carbocycles. The number of pyridine rings is 1. The SMILES string of the molecule is CC(C)CCN(C)S(=O)(=O)c1c(N)nc2ccccn12. The third-order valence-electron chi connectivity index (χ3n) is 3.19. The Hall–Kier alpha value is -1.60. The molecule has 2 N–H and O–H groups in total. The molecule has 0 fully saturated rings. The topological polar surface area (TPSA) is 80.7 Å². The number of anilines is 1. The van der Waals surface area contributed by atoms with Gasteiger partial charge in [0.05, 0.1) is 0 Å². The van der Waals surface area contributed by atoms with Gasteiger partial charge in [-0.3, -0.25) is 4.40 Å². The Kier molecular flexibility index (Phi) is 4.01. The van der Waals surface area contributed by atoms with Gasteiger partial charge in [-0.2, -0.15) is 4.31 Å². The van der Waals surface area contributed by atoms with Gasteiger partial charge in [0, 0.05) is 19.8 Å². The van der Waals surface area contributed by atoms with Crippen molar-refractivity contribution in [1.82, 2.24) is 13.7 Å². The van der Waals surface area contributed by atoms with Crippen molar-refractivity contribution in [2.45, 2.75) is 25.3 Å². The van der Waals surface area contributed by atoms with Crippen molar-refractivity contribution in [2.75, 3.05) is 19.3 Å². The highest BCUT2D eigenvalue weighted by molar-refractivity contribution is 7.89. The van der Waals surface area contributed by atoms with Gasteiger partial charge in [0.15, 0.2) is 10.8 Å². The van der Waals surface area contributed by atoms with E-state index in [4.69, 9.17) is 5.73 Å². The average Bonchev–Trinajstić information content (AvgIpc) is 2.71. The molecule has 0 saturated heterocycles. The lowest BCUT2D eigenvalue weighted by Crippen LogP contribution is -2.30. The van der Waals surface area contributed by atoms with Crippen molar-refractivity contribution in [3.05, 3.63) is 24.4 Å². The van der Waals surface area contributed by atoms with Gasteiger partial charge in [-0.15, -0.1) is 0 Å². The number of rotatable bonds is 5. The Bertz CT molecular complexity index is 706. The van der Waals surface area contributed by atoms with Gasteiger partial charge in [-0.05, 0) is 24.5 Å².